The Balaban J connectivity index is 0.00000198. The smallest absolute Gasteiger partial charge is 0.330 e. The maximum atomic E-state index is 14.8. The number of methoxy groups -OCH3 is 1. The molecule has 2 aliphatic carbocycles. The van der Waals surface area contributed by atoms with Crippen molar-refractivity contribution in [3.8, 4) is 11.1 Å². The Kier molecular flexibility index (Phi) is 10.2. The van der Waals surface area contributed by atoms with E-state index in [1.807, 2.05) is 69.2 Å². The fourth-order valence-electron chi connectivity index (χ4n) is 6.13. The zero-order valence-electron chi connectivity index (χ0n) is 25.1. The molecule has 4 unspecified atom stereocenters. The summed E-state index contributed by atoms with van der Waals surface area (Å²) in [4.78, 5) is 29.0. The van der Waals surface area contributed by atoms with Gasteiger partial charge in [-0.15, -0.1) is 0 Å². The third-order valence-electron chi connectivity index (χ3n) is 8.26. The number of hydrogen-bond donors (Lipinski definition) is 1. The Bertz CT molecular complexity index is 1400. The highest BCUT2D eigenvalue weighted by Gasteiger charge is 2.45. The maximum absolute atomic E-state index is 14.8. The molecule has 0 radical (unpaired) electrons. The van der Waals surface area contributed by atoms with Crippen molar-refractivity contribution < 1.29 is 23.8 Å². The van der Waals surface area contributed by atoms with Gasteiger partial charge in [-0.3, -0.25) is 9.69 Å². The van der Waals surface area contributed by atoms with Crippen molar-refractivity contribution in [2.75, 3.05) is 31.0 Å². The van der Waals surface area contributed by atoms with E-state index < -0.39 is 18.0 Å². The zero-order valence-corrected chi connectivity index (χ0v) is 25.1. The molecule has 3 aromatic carbocycles. The molecular weight excluding hydrogens is 531 g/mol. The first-order valence-electron chi connectivity index (χ1n) is 14.7. The molecule has 2 fully saturated rings. The van der Waals surface area contributed by atoms with Crippen molar-refractivity contribution in [3.63, 3.8) is 0 Å². The number of rotatable bonds is 8. The second-order valence-corrected chi connectivity index (χ2v) is 11.0. The summed E-state index contributed by atoms with van der Waals surface area (Å²) in [5, 5.41) is 11.6. The van der Waals surface area contributed by atoms with Gasteiger partial charge in [0, 0.05) is 37.3 Å². The van der Waals surface area contributed by atoms with E-state index in [2.05, 4.69) is 4.74 Å². The molecule has 1 N–H and O–H groups in total. The van der Waals surface area contributed by atoms with Crippen LogP contribution in [0.2, 0.25) is 0 Å². The van der Waals surface area contributed by atoms with E-state index in [9.17, 15) is 19.1 Å². The Morgan fingerprint density at radius 1 is 0.929 bits per heavy atom. The van der Waals surface area contributed by atoms with Crippen molar-refractivity contribution in [3.05, 3.63) is 89.8 Å². The lowest BCUT2D eigenvalue weighted by atomic mass is 9.87. The summed E-state index contributed by atoms with van der Waals surface area (Å²) in [5.41, 5.74) is 4.27. The fourth-order valence-corrected chi connectivity index (χ4v) is 6.13. The van der Waals surface area contributed by atoms with Crippen molar-refractivity contribution >= 4 is 29.3 Å². The minimum Gasteiger partial charge on any atom is -0.466 e. The Morgan fingerprint density at radius 3 is 2.12 bits per heavy atom. The SMILES string of the molecule is CC.COC(=O)/C=C/c1cc(F)cc(N(C(=O)C2CC3CCC2C3)C(O)c2ccc(-c3ccc(N(C)C)cc3)cc2)c1. The molecule has 0 spiro atoms. The van der Waals surface area contributed by atoms with Crippen LogP contribution in [0.15, 0.2) is 72.8 Å². The normalized spacial score (nSPS) is 19.6. The van der Waals surface area contributed by atoms with E-state index in [-0.39, 0.29) is 23.4 Å². The van der Waals surface area contributed by atoms with Gasteiger partial charge in [0.2, 0.25) is 5.91 Å². The monoisotopic (exact) mass is 572 g/mol. The summed E-state index contributed by atoms with van der Waals surface area (Å²) in [6.07, 6.45) is 5.27. The highest BCUT2D eigenvalue weighted by atomic mass is 19.1. The van der Waals surface area contributed by atoms with E-state index in [1.54, 1.807) is 18.2 Å². The van der Waals surface area contributed by atoms with E-state index >= 15 is 0 Å². The summed E-state index contributed by atoms with van der Waals surface area (Å²) >= 11 is 0. The van der Waals surface area contributed by atoms with Gasteiger partial charge < -0.3 is 14.7 Å². The number of aliphatic hydroxyl groups is 1. The maximum Gasteiger partial charge on any atom is 0.330 e. The van der Waals surface area contributed by atoms with Gasteiger partial charge in [0.25, 0.3) is 0 Å². The van der Waals surface area contributed by atoms with Gasteiger partial charge in [0.1, 0.15) is 5.82 Å². The molecule has 6 nitrogen and oxygen atoms in total. The Morgan fingerprint density at radius 2 is 1.57 bits per heavy atom. The van der Waals surface area contributed by atoms with Crippen LogP contribution < -0.4 is 9.80 Å². The van der Waals surface area contributed by atoms with Gasteiger partial charge in [-0.05, 0) is 84.2 Å². The molecule has 2 aliphatic rings. The number of nitrogens with zero attached hydrogens (tertiary/aromatic N) is 2. The molecule has 222 valence electrons. The van der Waals surface area contributed by atoms with Crippen LogP contribution in [0.1, 0.15) is 56.9 Å². The van der Waals surface area contributed by atoms with Crippen LogP contribution in [-0.4, -0.2) is 38.2 Å². The minimum absolute atomic E-state index is 0.198. The molecule has 42 heavy (non-hydrogen) atoms. The molecule has 1 amide bonds. The highest BCUT2D eigenvalue weighted by Crippen LogP contribution is 2.49. The molecule has 0 aromatic heterocycles. The zero-order chi connectivity index (χ0) is 30.4. The first kappa shape index (κ1) is 31.0. The minimum atomic E-state index is -1.31. The molecule has 7 heteroatoms. The van der Waals surface area contributed by atoms with Gasteiger partial charge in [0.15, 0.2) is 6.23 Å². The summed E-state index contributed by atoms with van der Waals surface area (Å²) in [6, 6.07) is 19.8. The number of amides is 1. The number of carbonyl (C=O) groups excluding carboxylic acids is 2. The van der Waals surface area contributed by atoms with Crippen LogP contribution in [-0.2, 0) is 14.3 Å². The average Bonchev–Trinajstić information content (AvgIpc) is 3.65. The van der Waals surface area contributed by atoms with E-state index in [4.69, 9.17) is 0 Å². The van der Waals surface area contributed by atoms with Crippen molar-refractivity contribution in [1.29, 1.82) is 0 Å². The molecule has 4 atom stereocenters. The van der Waals surface area contributed by atoms with E-state index in [0.29, 0.717) is 17.0 Å². The van der Waals surface area contributed by atoms with Crippen LogP contribution in [0.5, 0.6) is 0 Å². The van der Waals surface area contributed by atoms with Crippen molar-refractivity contribution in [1.82, 2.24) is 0 Å². The fraction of sp³-hybridized carbons (Fsp3) is 0.371. The first-order valence-corrected chi connectivity index (χ1v) is 14.7. The van der Waals surface area contributed by atoms with Crippen LogP contribution >= 0.6 is 0 Å². The largest absolute Gasteiger partial charge is 0.466 e. The Hall–Kier alpha value is -3.97. The van der Waals surface area contributed by atoms with Crippen LogP contribution in [0.25, 0.3) is 17.2 Å². The van der Waals surface area contributed by atoms with Crippen molar-refractivity contribution in [2.24, 2.45) is 17.8 Å². The van der Waals surface area contributed by atoms with Gasteiger partial charge >= 0.3 is 5.97 Å². The molecule has 2 bridgehead atoms. The molecule has 5 rings (SSSR count). The third-order valence-corrected chi connectivity index (χ3v) is 8.26. The van der Waals surface area contributed by atoms with Crippen molar-refractivity contribution in [2.45, 2.75) is 45.8 Å². The molecule has 2 saturated carbocycles. The molecular formula is C35H41FN2O4. The lowest BCUT2D eigenvalue weighted by molar-refractivity contribution is -0.134. The lowest BCUT2D eigenvalue weighted by Crippen LogP contribution is -2.41. The third kappa shape index (κ3) is 6.90. The molecule has 0 heterocycles. The average molecular weight is 573 g/mol. The number of carbonyl (C=O) groups is 2. The number of anilines is 2. The number of hydrogen-bond acceptors (Lipinski definition) is 5. The van der Waals surface area contributed by atoms with E-state index in [1.165, 1.54) is 36.3 Å². The van der Waals surface area contributed by atoms with Crippen LogP contribution in [0.4, 0.5) is 15.8 Å². The molecule has 3 aromatic rings. The molecule has 0 saturated heterocycles. The van der Waals surface area contributed by atoms with Crippen LogP contribution in [0.3, 0.4) is 0 Å². The lowest BCUT2D eigenvalue weighted by Gasteiger charge is -2.33. The van der Waals surface area contributed by atoms with Crippen LogP contribution in [0, 0.1) is 23.6 Å². The number of benzene rings is 3. The number of aliphatic hydroxyl groups excluding tert-OH is 1. The number of esters is 1. The summed E-state index contributed by atoms with van der Waals surface area (Å²) in [7, 11) is 5.25. The van der Waals surface area contributed by atoms with Gasteiger partial charge in [-0.25, -0.2) is 9.18 Å². The first-order chi connectivity index (χ1) is 20.2. The van der Waals surface area contributed by atoms with Gasteiger partial charge in [0.05, 0.1) is 12.8 Å². The predicted molar refractivity (Wildman–Crippen MR) is 166 cm³/mol. The summed E-state index contributed by atoms with van der Waals surface area (Å²) in [6.45, 7) is 4.00. The van der Waals surface area contributed by atoms with Gasteiger partial charge in [-0.1, -0.05) is 56.7 Å². The van der Waals surface area contributed by atoms with Gasteiger partial charge in [-0.2, -0.15) is 0 Å². The number of ether oxygens (including phenoxy) is 1. The predicted octanol–water partition coefficient (Wildman–Crippen LogP) is 7.23. The molecule has 0 aliphatic heterocycles. The quantitative estimate of drug-likeness (QED) is 0.175. The topological polar surface area (TPSA) is 70.1 Å². The number of halogens is 1. The number of fused-ring (bicyclic) bond motifs is 2. The second kappa shape index (κ2) is 13.8. The summed E-state index contributed by atoms with van der Waals surface area (Å²) in [5.74, 6) is -0.737. The van der Waals surface area contributed by atoms with E-state index in [0.717, 1.165) is 42.5 Å². The standard InChI is InChI=1S/C33H35FN2O4.C2H6/c1-35(2)28-13-11-24(12-14-28)23-7-9-25(10-8-23)32(38)36(33(39)30-19-21-4-6-26(30)16-21)29-18-22(17-27(34)20-29)5-15-31(37)40-3;1-2/h5,7-15,17-18,20-21,26,30,32,38H,4,6,16,19H2,1-3H3;1-2H3/b15-5+;. The highest BCUT2D eigenvalue weighted by molar-refractivity contribution is 5.96. The summed E-state index contributed by atoms with van der Waals surface area (Å²) < 4.78 is 19.4. The second-order valence-electron chi connectivity index (χ2n) is 11.0. The Labute approximate surface area is 248 Å².